The normalized spacial score (nSPS) is 13.6. The summed E-state index contributed by atoms with van der Waals surface area (Å²) in [5, 5.41) is 0. The molecule has 0 aromatic heterocycles. The van der Waals surface area contributed by atoms with E-state index in [0.717, 1.165) is 12.1 Å². The molecule has 2 amide bonds. The van der Waals surface area contributed by atoms with Crippen LogP contribution in [0, 0.1) is 0 Å². The molecule has 6 nitrogen and oxygen atoms in total. The summed E-state index contributed by atoms with van der Waals surface area (Å²) in [6.45, 7) is 0.300. The molecule has 0 unspecified atom stereocenters. The third kappa shape index (κ3) is 3.91. The molecule has 0 radical (unpaired) electrons. The molecule has 1 saturated heterocycles. The number of esters is 1. The first-order valence-electron chi connectivity index (χ1n) is 8.45. The van der Waals surface area contributed by atoms with Crippen LogP contribution >= 0.6 is 0 Å². The number of benzene rings is 2. The fourth-order valence-electron chi connectivity index (χ4n) is 2.82. The lowest BCUT2D eigenvalue weighted by atomic mass is 10.2. The Morgan fingerprint density at radius 3 is 2.58 bits per heavy atom. The molecule has 0 bridgehead atoms. The molecule has 0 N–H and O–H groups in total. The summed E-state index contributed by atoms with van der Waals surface area (Å²) in [7, 11) is 1.63. The second-order valence-electron chi connectivity index (χ2n) is 6.06. The Morgan fingerprint density at radius 1 is 1.12 bits per heavy atom. The molecule has 2 aromatic rings. The van der Waals surface area contributed by atoms with Gasteiger partial charge in [0.25, 0.3) is 5.91 Å². The Kier molecular flexibility index (Phi) is 5.31. The van der Waals surface area contributed by atoms with Crippen molar-refractivity contribution in [3.8, 4) is 0 Å². The van der Waals surface area contributed by atoms with E-state index >= 15 is 0 Å². The number of hydrogen-bond donors (Lipinski definition) is 0. The van der Waals surface area contributed by atoms with Crippen LogP contribution in [0.3, 0.4) is 0 Å². The average molecular weight is 352 g/mol. The van der Waals surface area contributed by atoms with Crippen LogP contribution in [0.4, 0.5) is 11.4 Å². The number of para-hydroxylation sites is 1. The number of ether oxygens (including phenoxy) is 1. The molecule has 0 atom stereocenters. The van der Waals surface area contributed by atoms with E-state index < -0.39 is 5.97 Å². The molecule has 6 heteroatoms. The maximum Gasteiger partial charge on any atom is 0.338 e. The number of hydrogen-bond acceptors (Lipinski definition) is 4. The average Bonchev–Trinajstić information content (AvgIpc) is 3.12. The van der Waals surface area contributed by atoms with Crippen molar-refractivity contribution in [3.63, 3.8) is 0 Å². The summed E-state index contributed by atoms with van der Waals surface area (Å²) in [4.78, 5) is 39.4. The SMILES string of the molecule is CN(C(=O)COC(=O)c1cccc(N2CCCC2=O)c1)c1ccccc1. The fraction of sp³-hybridized carbons (Fsp3) is 0.250. The van der Waals surface area contributed by atoms with Crippen LogP contribution in [-0.4, -0.2) is 38.0 Å². The van der Waals surface area contributed by atoms with Crippen LogP contribution in [0.5, 0.6) is 0 Å². The van der Waals surface area contributed by atoms with Crippen molar-refractivity contribution >= 4 is 29.2 Å². The molecule has 3 rings (SSSR count). The van der Waals surface area contributed by atoms with E-state index in [0.29, 0.717) is 24.2 Å². The van der Waals surface area contributed by atoms with Crippen molar-refractivity contribution in [3.05, 3.63) is 60.2 Å². The number of carbonyl (C=O) groups excluding carboxylic acids is 3. The zero-order valence-corrected chi connectivity index (χ0v) is 14.6. The van der Waals surface area contributed by atoms with Crippen molar-refractivity contribution in [1.82, 2.24) is 0 Å². The monoisotopic (exact) mass is 352 g/mol. The summed E-state index contributed by atoms with van der Waals surface area (Å²) in [5.74, 6) is -0.862. The van der Waals surface area contributed by atoms with E-state index in [1.54, 1.807) is 48.3 Å². The Morgan fingerprint density at radius 2 is 1.88 bits per heavy atom. The van der Waals surface area contributed by atoms with Crippen molar-refractivity contribution in [2.75, 3.05) is 30.0 Å². The highest BCUT2D eigenvalue weighted by Crippen LogP contribution is 2.22. The summed E-state index contributed by atoms with van der Waals surface area (Å²) < 4.78 is 5.14. The topological polar surface area (TPSA) is 66.9 Å². The molecule has 0 aliphatic carbocycles. The number of rotatable bonds is 5. The highest BCUT2D eigenvalue weighted by atomic mass is 16.5. The Labute approximate surface area is 152 Å². The molecule has 0 saturated carbocycles. The van der Waals surface area contributed by atoms with E-state index in [-0.39, 0.29) is 18.4 Å². The van der Waals surface area contributed by atoms with E-state index in [2.05, 4.69) is 0 Å². The van der Waals surface area contributed by atoms with Crippen LogP contribution in [0.25, 0.3) is 0 Å². The van der Waals surface area contributed by atoms with Gasteiger partial charge < -0.3 is 14.5 Å². The maximum absolute atomic E-state index is 12.3. The van der Waals surface area contributed by atoms with Crippen LogP contribution in [0.15, 0.2) is 54.6 Å². The molecular formula is C20H20N2O4. The van der Waals surface area contributed by atoms with Gasteiger partial charge in [-0.2, -0.15) is 0 Å². The van der Waals surface area contributed by atoms with Crippen LogP contribution in [0.2, 0.25) is 0 Å². The lowest BCUT2D eigenvalue weighted by Crippen LogP contribution is -2.31. The minimum absolute atomic E-state index is 0.0511. The summed E-state index contributed by atoms with van der Waals surface area (Å²) in [6, 6.07) is 15.8. The number of anilines is 2. The van der Waals surface area contributed by atoms with Gasteiger partial charge in [-0.3, -0.25) is 9.59 Å². The number of amides is 2. The number of likely N-dealkylation sites (N-methyl/N-ethyl adjacent to an activating group) is 1. The number of carbonyl (C=O) groups is 3. The standard InChI is InChI=1S/C20H20N2O4/c1-21(16-8-3-2-4-9-16)19(24)14-26-20(25)15-7-5-10-17(13-15)22-12-6-11-18(22)23/h2-5,7-10,13H,6,11-12,14H2,1H3. The minimum atomic E-state index is -0.590. The highest BCUT2D eigenvalue weighted by molar-refractivity contribution is 5.99. The van der Waals surface area contributed by atoms with Gasteiger partial charge in [0.05, 0.1) is 5.56 Å². The lowest BCUT2D eigenvalue weighted by Gasteiger charge is -2.18. The molecular weight excluding hydrogens is 332 g/mol. The molecule has 26 heavy (non-hydrogen) atoms. The molecule has 1 fully saturated rings. The van der Waals surface area contributed by atoms with E-state index in [4.69, 9.17) is 4.74 Å². The van der Waals surface area contributed by atoms with Crippen molar-refractivity contribution < 1.29 is 19.1 Å². The van der Waals surface area contributed by atoms with Crippen LogP contribution < -0.4 is 9.80 Å². The molecule has 1 aliphatic heterocycles. The minimum Gasteiger partial charge on any atom is -0.452 e. The summed E-state index contributed by atoms with van der Waals surface area (Å²) in [5.41, 5.74) is 1.72. The number of nitrogens with zero attached hydrogens (tertiary/aromatic N) is 2. The second-order valence-corrected chi connectivity index (χ2v) is 6.06. The van der Waals surface area contributed by atoms with Gasteiger partial charge in [-0.25, -0.2) is 4.79 Å². The van der Waals surface area contributed by atoms with Crippen LogP contribution in [0.1, 0.15) is 23.2 Å². The van der Waals surface area contributed by atoms with Crippen molar-refractivity contribution in [2.45, 2.75) is 12.8 Å². The molecule has 1 aliphatic rings. The second kappa shape index (κ2) is 7.82. The first kappa shape index (κ1) is 17.7. The summed E-state index contributed by atoms with van der Waals surface area (Å²) in [6.07, 6.45) is 1.34. The Bertz CT molecular complexity index is 820. The lowest BCUT2D eigenvalue weighted by molar-refractivity contribution is -0.121. The van der Waals surface area contributed by atoms with E-state index in [1.807, 2.05) is 18.2 Å². The largest absolute Gasteiger partial charge is 0.452 e. The smallest absolute Gasteiger partial charge is 0.338 e. The predicted molar refractivity (Wildman–Crippen MR) is 98.2 cm³/mol. The van der Waals surface area contributed by atoms with Gasteiger partial charge in [0.2, 0.25) is 5.91 Å². The van der Waals surface area contributed by atoms with Gasteiger partial charge in [-0.1, -0.05) is 24.3 Å². The van der Waals surface area contributed by atoms with Gasteiger partial charge in [-0.05, 0) is 36.8 Å². The van der Waals surface area contributed by atoms with Gasteiger partial charge in [0.15, 0.2) is 6.61 Å². The third-order valence-electron chi connectivity index (χ3n) is 4.31. The van der Waals surface area contributed by atoms with Crippen molar-refractivity contribution in [1.29, 1.82) is 0 Å². The van der Waals surface area contributed by atoms with Gasteiger partial charge in [0.1, 0.15) is 0 Å². The predicted octanol–water partition coefficient (Wildman–Crippen LogP) is 2.63. The van der Waals surface area contributed by atoms with Gasteiger partial charge >= 0.3 is 5.97 Å². The molecule has 134 valence electrons. The quantitative estimate of drug-likeness (QED) is 0.776. The Balaban J connectivity index is 1.61. The van der Waals surface area contributed by atoms with Crippen LogP contribution in [-0.2, 0) is 14.3 Å². The Hall–Kier alpha value is -3.15. The van der Waals surface area contributed by atoms with E-state index in [1.165, 1.54) is 4.90 Å². The first-order chi connectivity index (χ1) is 12.6. The zero-order valence-electron chi connectivity index (χ0n) is 14.6. The van der Waals surface area contributed by atoms with Gasteiger partial charge in [-0.15, -0.1) is 0 Å². The molecule has 2 aromatic carbocycles. The third-order valence-corrected chi connectivity index (χ3v) is 4.31. The first-order valence-corrected chi connectivity index (χ1v) is 8.45. The van der Waals surface area contributed by atoms with Crippen molar-refractivity contribution in [2.24, 2.45) is 0 Å². The molecule has 1 heterocycles. The van der Waals surface area contributed by atoms with E-state index in [9.17, 15) is 14.4 Å². The summed E-state index contributed by atoms with van der Waals surface area (Å²) >= 11 is 0. The highest BCUT2D eigenvalue weighted by Gasteiger charge is 2.22. The molecule has 0 spiro atoms. The maximum atomic E-state index is 12.3. The fourth-order valence-corrected chi connectivity index (χ4v) is 2.82. The zero-order chi connectivity index (χ0) is 18.5. The van der Waals surface area contributed by atoms with Gasteiger partial charge in [0, 0.05) is 31.4 Å².